The van der Waals surface area contributed by atoms with E-state index in [0.717, 1.165) is 24.3 Å². The van der Waals surface area contributed by atoms with Crippen molar-refractivity contribution in [3.05, 3.63) is 24.4 Å². The van der Waals surface area contributed by atoms with E-state index in [1.165, 1.54) is 12.8 Å². The molecule has 0 radical (unpaired) electrons. The van der Waals surface area contributed by atoms with Crippen LogP contribution >= 0.6 is 0 Å². The maximum absolute atomic E-state index is 4.13. The van der Waals surface area contributed by atoms with Crippen LogP contribution in [0.1, 0.15) is 32.6 Å². The second-order valence-corrected chi connectivity index (χ2v) is 3.54. The van der Waals surface area contributed by atoms with Crippen molar-refractivity contribution in [3.8, 4) is 0 Å². The molecule has 0 N–H and O–H groups in total. The number of hydrogen-bond acceptors (Lipinski definition) is 1. The third-order valence-corrected chi connectivity index (χ3v) is 2.23. The van der Waals surface area contributed by atoms with E-state index in [1.807, 2.05) is 12.4 Å². The van der Waals surface area contributed by atoms with Crippen molar-refractivity contribution >= 4 is 6.21 Å². The molecule has 0 aliphatic carbocycles. The van der Waals surface area contributed by atoms with Gasteiger partial charge in [0, 0.05) is 12.4 Å². The Morgan fingerprint density at radius 3 is 3.17 bits per heavy atom. The second-order valence-electron chi connectivity index (χ2n) is 3.54. The zero-order valence-electron chi connectivity index (χ0n) is 7.79. The van der Waals surface area contributed by atoms with E-state index in [0.29, 0.717) is 0 Å². The summed E-state index contributed by atoms with van der Waals surface area (Å²) >= 11 is 0. The van der Waals surface area contributed by atoms with Gasteiger partial charge in [-0.15, -0.1) is 0 Å². The lowest BCUT2D eigenvalue weighted by molar-refractivity contribution is 0.499. The first-order valence-corrected chi connectivity index (χ1v) is 4.65. The van der Waals surface area contributed by atoms with Gasteiger partial charge in [-0.25, -0.2) is 0 Å². The Morgan fingerprint density at radius 1 is 1.50 bits per heavy atom. The van der Waals surface area contributed by atoms with Crippen molar-refractivity contribution in [1.82, 2.24) is 0 Å². The molecule has 1 atom stereocenters. The van der Waals surface area contributed by atoms with Crippen LogP contribution in [0.15, 0.2) is 29.4 Å². The van der Waals surface area contributed by atoms with Crippen LogP contribution in [0, 0.1) is 5.92 Å². The standard InChI is InChI=1S/C11H17N/c1-10-5-3-4-8-12-9-11(2)7-6-10/h4,8-10H,2-3,5-7H2,1H3/b8-4-,12-9-. The first-order valence-electron chi connectivity index (χ1n) is 4.65. The van der Waals surface area contributed by atoms with Gasteiger partial charge in [0.15, 0.2) is 0 Å². The van der Waals surface area contributed by atoms with Crippen LogP contribution in [0.3, 0.4) is 0 Å². The van der Waals surface area contributed by atoms with Gasteiger partial charge in [0.25, 0.3) is 0 Å². The van der Waals surface area contributed by atoms with E-state index in [1.54, 1.807) is 0 Å². The molecular weight excluding hydrogens is 146 g/mol. The zero-order valence-corrected chi connectivity index (χ0v) is 7.79. The van der Waals surface area contributed by atoms with Crippen LogP contribution in [-0.2, 0) is 0 Å². The van der Waals surface area contributed by atoms with Gasteiger partial charge < -0.3 is 0 Å². The van der Waals surface area contributed by atoms with Gasteiger partial charge in [-0.3, -0.25) is 4.99 Å². The molecule has 66 valence electrons. The highest BCUT2D eigenvalue weighted by molar-refractivity contribution is 5.77. The van der Waals surface area contributed by atoms with E-state index in [-0.39, 0.29) is 0 Å². The van der Waals surface area contributed by atoms with Gasteiger partial charge in [-0.2, -0.15) is 0 Å². The Balaban J connectivity index is 2.51. The molecule has 0 saturated heterocycles. The molecule has 0 fully saturated rings. The highest BCUT2D eigenvalue weighted by Gasteiger charge is 2.02. The summed E-state index contributed by atoms with van der Waals surface area (Å²) in [5, 5.41) is 0. The molecule has 1 aliphatic heterocycles. The van der Waals surface area contributed by atoms with Gasteiger partial charge in [-0.05, 0) is 37.2 Å². The SMILES string of the molecule is C=C1/C=N\C=C/CCC(C)CC1. The monoisotopic (exact) mass is 163 g/mol. The predicted molar refractivity (Wildman–Crippen MR) is 54.4 cm³/mol. The number of hydrogen-bond donors (Lipinski definition) is 0. The fourth-order valence-electron chi connectivity index (χ4n) is 1.31. The lowest BCUT2D eigenvalue weighted by Gasteiger charge is -2.09. The lowest BCUT2D eigenvalue weighted by Crippen LogP contribution is -1.96. The molecule has 1 rings (SSSR count). The van der Waals surface area contributed by atoms with E-state index >= 15 is 0 Å². The molecule has 0 bridgehead atoms. The summed E-state index contributed by atoms with van der Waals surface area (Å²) in [6.07, 6.45) is 10.7. The zero-order chi connectivity index (χ0) is 8.81. The largest absolute Gasteiger partial charge is 0.265 e. The number of rotatable bonds is 0. The maximum atomic E-state index is 4.13. The highest BCUT2D eigenvalue weighted by atomic mass is 14.7. The highest BCUT2D eigenvalue weighted by Crippen LogP contribution is 2.16. The molecule has 1 unspecified atom stereocenters. The molecule has 0 saturated carbocycles. The van der Waals surface area contributed by atoms with E-state index in [2.05, 4.69) is 24.6 Å². The molecule has 0 amide bonds. The first kappa shape index (κ1) is 9.24. The molecule has 1 heterocycles. The topological polar surface area (TPSA) is 12.4 Å². The number of aliphatic imine (C=N–C) groups is 1. The Labute approximate surface area is 74.9 Å². The quantitative estimate of drug-likeness (QED) is 0.519. The molecule has 0 aromatic carbocycles. The van der Waals surface area contributed by atoms with Crippen molar-refractivity contribution < 1.29 is 0 Å². The van der Waals surface area contributed by atoms with E-state index in [9.17, 15) is 0 Å². The van der Waals surface area contributed by atoms with Crippen LogP contribution in [0.2, 0.25) is 0 Å². The third kappa shape index (κ3) is 3.51. The van der Waals surface area contributed by atoms with Gasteiger partial charge in [0.2, 0.25) is 0 Å². The molecule has 0 aromatic rings. The Bertz CT molecular complexity index is 201. The fraction of sp³-hybridized carbons (Fsp3) is 0.545. The van der Waals surface area contributed by atoms with Crippen molar-refractivity contribution in [2.24, 2.45) is 10.9 Å². The summed E-state index contributed by atoms with van der Waals surface area (Å²) in [6, 6.07) is 0. The Morgan fingerprint density at radius 2 is 2.33 bits per heavy atom. The summed E-state index contributed by atoms with van der Waals surface area (Å²) < 4.78 is 0. The predicted octanol–water partition coefficient (Wildman–Crippen LogP) is 3.34. The lowest BCUT2D eigenvalue weighted by atomic mass is 9.97. The van der Waals surface area contributed by atoms with Crippen LogP contribution in [0.4, 0.5) is 0 Å². The summed E-state index contributed by atoms with van der Waals surface area (Å²) in [6.45, 7) is 6.24. The molecule has 1 aliphatic rings. The van der Waals surface area contributed by atoms with E-state index in [4.69, 9.17) is 0 Å². The normalized spacial score (nSPS) is 31.1. The summed E-state index contributed by atoms with van der Waals surface area (Å²) in [7, 11) is 0. The van der Waals surface area contributed by atoms with Crippen molar-refractivity contribution in [1.29, 1.82) is 0 Å². The average Bonchev–Trinajstić information content (AvgIpc) is 2.07. The Hall–Kier alpha value is -0.850. The number of nitrogens with zero attached hydrogens (tertiary/aromatic N) is 1. The van der Waals surface area contributed by atoms with E-state index < -0.39 is 0 Å². The van der Waals surface area contributed by atoms with Crippen LogP contribution in [0.25, 0.3) is 0 Å². The maximum Gasteiger partial charge on any atom is 0.0293 e. The molecule has 0 spiro atoms. The fourth-order valence-corrected chi connectivity index (χ4v) is 1.31. The Kier molecular flexibility index (Phi) is 3.78. The average molecular weight is 163 g/mol. The van der Waals surface area contributed by atoms with Gasteiger partial charge in [-0.1, -0.05) is 19.6 Å². The minimum Gasteiger partial charge on any atom is -0.265 e. The van der Waals surface area contributed by atoms with Crippen molar-refractivity contribution in [2.45, 2.75) is 32.6 Å². The molecule has 0 aromatic heterocycles. The summed E-state index contributed by atoms with van der Waals surface area (Å²) in [5.41, 5.74) is 1.15. The van der Waals surface area contributed by atoms with Crippen LogP contribution in [-0.4, -0.2) is 6.21 Å². The van der Waals surface area contributed by atoms with Gasteiger partial charge >= 0.3 is 0 Å². The molecule has 1 heteroatoms. The first-order chi connectivity index (χ1) is 5.79. The summed E-state index contributed by atoms with van der Waals surface area (Å²) in [4.78, 5) is 4.13. The summed E-state index contributed by atoms with van der Waals surface area (Å²) in [5.74, 6) is 0.817. The van der Waals surface area contributed by atoms with Crippen molar-refractivity contribution in [3.63, 3.8) is 0 Å². The molecular formula is C11H17N. The number of allylic oxidation sites excluding steroid dienone is 2. The molecule has 1 nitrogen and oxygen atoms in total. The smallest absolute Gasteiger partial charge is 0.0293 e. The van der Waals surface area contributed by atoms with Gasteiger partial charge in [0.1, 0.15) is 0 Å². The minimum atomic E-state index is 0.817. The molecule has 12 heavy (non-hydrogen) atoms. The van der Waals surface area contributed by atoms with Crippen LogP contribution in [0.5, 0.6) is 0 Å². The second kappa shape index (κ2) is 4.91. The van der Waals surface area contributed by atoms with Crippen molar-refractivity contribution in [2.75, 3.05) is 0 Å². The van der Waals surface area contributed by atoms with Gasteiger partial charge in [0.05, 0.1) is 0 Å². The minimum absolute atomic E-state index is 0.817. The van der Waals surface area contributed by atoms with Crippen LogP contribution < -0.4 is 0 Å². The third-order valence-electron chi connectivity index (χ3n) is 2.23.